The molecule has 1 radical (unpaired) electrons. The Hall–Kier alpha value is -0.690. The molecule has 0 atom stereocenters. The molecule has 0 N–H and O–H groups in total. The van der Waals surface area contributed by atoms with Gasteiger partial charge in [0, 0.05) is 20.6 Å². The molecule has 15 heavy (non-hydrogen) atoms. The zero-order chi connectivity index (χ0) is 10.8. The third kappa shape index (κ3) is 2.28. The van der Waals surface area contributed by atoms with Gasteiger partial charge in [-0.3, -0.25) is 0 Å². The zero-order valence-corrected chi connectivity index (χ0v) is 9.87. The molecule has 0 fully saturated rings. The molecule has 2 rings (SSSR count). The molecular weight excluding hydrogens is 250 g/mol. The van der Waals surface area contributed by atoms with E-state index in [0.29, 0.717) is 15.1 Å². The topological polar surface area (TPSA) is 0 Å². The van der Waals surface area contributed by atoms with E-state index in [2.05, 4.69) is 6.07 Å². The minimum absolute atomic E-state index is 0.598. The molecule has 2 aromatic rings. The maximum Gasteiger partial charge on any atom is 0.0499 e. The van der Waals surface area contributed by atoms with Gasteiger partial charge in [-0.1, -0.05) is 46.9 Å². The Kier molecular flexibility index (Phi) is 3.20. The first-order valence-electron chi connectivity index (χ1n) is 4.30. The quantitative estimate of drug-likeness (QED) is 0.665. The van der Waals surface area contributed by atoms with Crippen LogP contribution in [0.3, 0.4) is 0 Å². The fourth-order valence-electron chi connectivity index (χ4n) is 1.34. The minimum atomic E-state index is 0.598. The van der Waals surface area contributed by atoms with Crippen LogP contribution in [-0.2, 0) is 0 Å². The summed E-state index contributed by atoms with van der Waals surface area (Å²) in [5, 5.41) is 1.83. The highest BCUT2D eigenvalue weighted by Gasteiger charge is 2.08. The molecule has 0 aliphatic heterocycles. The van der Waals surface area contributed by atoms with Crippen LogP contribution in [0.1, 0.15) is 0 Å². The van der Waals surface area contributed by atoms with Gasteiger partial charge < -0.3 is 0 Å². The fraction of sp³-hybridized carbons (Fsp3) is 0. The number of benzene rings is 2. The van der Waals surface area contributed by atoms with Crippen LogP contribution in [0, 0.1) is 6.07 Å². The normalized spacial score (nSPS) is 10.3. The maximum atomic E-state index is 6.07. The molecule has 0 saturated heterocycles. The van der Waals surface area contributed by atoms with E-state index in [0.717, 1.165) is 11.1 Å². The van der Waals surface area contributed by atoms with Crippen molar-refractivity contribution in [1.29, 1.82) is 0 Å². The zero-order valence-electron chi connectivity index (χ0n) is 7.60. The van der Waals surface area contributed by atoms with E-state index in [1.54, 1.807) is 36.4 Å². The minimum Gasteiger partial charge on any atom is -0.0843 e. The molecule has 0 aliphatic rings. The van der Waals surface area contributed by atoms with Crippen molar-refractivity contribution in [2.45, 2.75) is 0 Å². The second kappa shape index (κ2) is 4.44. The lowest BCUT2D eigenvalue weighted by Crippen LogP contribution is -1.81. The molecule has 0 amide bonds. The van der Waals surface area contributed by atoms with Gasteiger partial charge in [-0.05, 0) is 35.9 Å². The van der Waals surface area contributed by atoms with E-state index < -0.39 is 0 Å². The summed E-state index contributed by atoms with van der Waals surface area (Å²) in [6, 6.07) is 13.7. The average molecular weight is 257 g/mol. The van der Waals surface area contributed by atoms with E-state index in [1.165, 1.54) is 0 Å². The molecule has 0 bridgehead atoms. The largest absolute Gasteiger partial charge is 0.0843 e. The molecule has 2 aromatic carbocycles. The van der Waals surface area contributed by atoms with Gasteiger partial charge in [-0.15, -0.1) is 0 Å². The highest BCUT2D eigenvalue weighted by atomic mass is 35.5. The summed E-state index contributed by atoms with van der Waals surface area (Å²) in [7, 11) is 0. The van der Waals surface area contributed by atoms with Gasteiger partial charge in [0.1, 0.15) is 0 Å². The highest BCUT2D eigenvalue weighted by molar-refractivity contribution is 6.39. The number of hydrogen-bond acceptors (Lipinski definition) is 0. The molecular formula is C12H6Cl3. The van der Waals surface area contributed by atoms with Crippen molar-refractivity contribution < 1.29 is 0 Å². The first kappa shape index (κ1) is 10.8. The summed E-state index contributed by atoms with van der Waals surface area (Å²) in [5.74, 6) is 0. The van der Waals surface area contributed by atoms with Gasteiger partial charge in [-0.25, -0.2) is 0 Å². The summed E-state index contributed by atoms with van der Waals surface area (Å²) in [6.07, 6.45) is 0. The third-order valence-electron chi connectivity index (χ3n) is 2.00. The Labute approximate surface area is 103 Å². The maximum absolute atomic E-state index is 6.07. The summed E-state index contributed by atoms with van der Waals surface area (Å²) in [4.78, 5) is 0. The van der Waals surface area contributed by atoms with Crippen molar-refractivity contribution in [3.05, 3.63) is 57.5 Å². The van der Waals surface area contributed by atoms with E-state index in [9.17, 15) is 0 Å². The number of halogens is 3. The summed E-state index contributed by atoms with van der Waals surface area (Å²) in [5.41, 5.74) is 1.57. The molecule has 0 spiro atoms. The van der Waals surface area contributed by atoms with Crippen molar-refractivity contribution in [1.82, 2.24) is 0 Å². The Morgan fingerprint density at radius 3 is 2.20 bits per heavy atom. The van der Waals surface area contributed by atoms with Crippen LogP contribution in [0.25, 0.3) is 11.1 Å². The first-order chi connectivity index (χ1) is 7.18. The lowest BCUT2D eigenvalue weighted by atomic mass is 10.1. The van der Waals surface area contributed by atoms with Crippen LogP contribution in [0.15, 0.2) is 36.4 Å². The van der Waals surface area contributed by atoms with Crippen LogP contribution < -0.4 is 0 Å². The molecule has 0 heterocycles. The third-order valence-corrected chi connectivity index (χ3v) is 2.86. The van der Waals surface area contributed by atoms with E-state index >= 15 is 0 Å². The summed E-state index contributed by atoms with van der Waals surface area (Å²) in [6.45, 7) is 0. The van der Waals surface area contributed by atoms with Crippen molar-refractivity contribution >= 4 is 34.8 Å². The van der Waals surface area contributed by atoms with Crippen LogP contribution in [0.5, 0.6) is 0 Å². The second-order valence-corrected chi connectivity index (χ2v) is 4.27. The van der Waals surface area contributed by atoms with Crippen molar-refractivity contribution in [3.63, 3.8) is 0 Å². The van der Waals surface area contributed by atoms with E-state index in [4.69, 9.17) is 34.8 Å². The van der Waals surface area contributed by atoms with Gasteiger partial charge >= 0.3 is 0 Å². The van der Waals surface area contributed by atoms with Crippen LogP contribution in [0.2, 0.25) is 15.1 Å². The predicted octanol–water partition coefficient (Wildman–Crippen LogP) is 5.11. The lowest BCUT2D eigenvalue weighted by Gasteiger charge is -2.06. The molecule has 0 saturated carbocycles. The molecule has 0 aromatic heterocycles. The molecule has 0 nitrogen and oxygen atoms in total. The van der Waals surface area contributed by atoms with Crippen molar-refractivity contribution in [3.8, 4) is 11.1 Å². The predicted molar refractivity (Wildman–Crippen MR) is 65.7 cm³/mol. The molecule has 0 aliphatic carbocycles. The number of rotatable bonds is 1. The molecule has 3 heteroatoms. The van der Waals surface area contributed by atoms with Gasteiger partial charge in [0.2, 0.25) is 0 Å². The molecule has 0 unspecified atom stereocenters. The molecule has 75 valence electrons. The Balaban J connectivity index is 2.63. The van der Waals surface area contributed by atoms with Gasteiger partial charge in [0.15, 0.2) is 0 Å². The second-order valence-electron chi connectivity index (χ2n) is 3.02. The SMILES string of the molecule is Clc1cc[c]c(-c2c(Cl)cccc2Cl)c1. The van der Waals surface area contributed by atoms with Gasteiger partial charge in [0.05, 0.1) is 0 Å². The van der Waals surface area contributed by atoms with E-state index in [-0.39, 0.29) is 0 Å². The van der Waals surface area contributed by atoms with Crippen molar-refractivity contribution in [2.24, 2.45) is 0 Å². The lowest BCUT2D eigenvalue weighted by molar-refractivity contribution is 1.60. The first-order valence-corrected chi connectivity index (χ1v) is 5.43. The fourth-order valence-corrected chi connectivity index (χ4v) is 2.11. The van der Waals surface area contributed by atoms with Crippen molar-refractivity contribution in [2.75, 3.05) is 0 Å². The highest BCUT2D eigenvalue weighted by Crippen LogP contribution is 2.34. The average Bonchev–Trinajstić information content (AvgIpc) is 2.17. The van der Waals surface area contributed by atoms with Crippen LogP contribution in [-0.4, -0.2) is 0 Å². The summed E-state index contributed by atoms with van der Waals surface area (Å²) >= 11 is 18.0. The standard InChI is InChI=1S/C12H6Cl3/c13-9-4-1-3-8(7-9)12-10(14)5-2-6-11(12)15/h1-2,4-7H. The van der Waals surface area contributed by atoms with Crippen LogP contribution in [0.4, 0.5) is 0 Å². The number of hydrogen-bond donors (Lipinski definition) is 0. The Morgan fingerprint density at radius 1 is 0.933 bits per heavy atom. The van der Waals surface area contributed by atoms with Gasteiger partial charge in [0.25, 0.3) is 0 Å². The summed E-state index contributed by atoms with van der Waals surface area (Å²) < 4.78 is 0. The monoisotopic (exact) mass is 255 g/mol. The van der Waals surface area contributed by atoms with Gasteiger partial charge in [-0.2, -0.15) is 0 Å². The Morgan fingerprint density at radius 2 is 1.60 bits per heavy atom. The van der Waals surface area contributed by atoms with Crippen LogP contribution >= 0.6 is 34.8 Å². The Bertz CT molecular complexity index is 472. The van der Waals surface area contributed by atoms with E-state index in [1.807, 2.05) is 0 Å². The smallest absolute Gasteiger partial charge is 0.0499 e.